The van der Waals surface area contributed by atoms with Gasteiger partial charge < -0.3 is 14.8 Å². The fourth-order valence-electron chi connectivity index (χ4n) is 4.68. The maximum absolute atomic E-state index is 13.9. The Labute approximate surface area is 165 Å². The van der Waals surface area contributed by atoms with Gasteiger partial charge in [0.1, 0.15) is 24.3 Å². The SMILES string of the molecule is CNC[C@H]1C(=O)O[C@H]2c3c(C)c(OCc4ccccc4F)cc(C)c3CC[C@@H]12. The lowest BCUT2D eigenvalue weighted by molar-refractivity contribution is -0.144. The molecule has 1 N–H and O–H groups in total. The number of rotatable bonds is 5. The number of nitrogens with one attached hydrogen (secondary N) is 1. The van der Waals surface area contributed by atoms with Crippen molar-refractivity contribution in [3.63, 3.8) is 0 Å². The second-order valence-corrected chi connectivity index (χ2v) is 7.81. The van der Waals surface area contributed by atoms with Gasteiger partial charge in [0.15, 0.2) is 0 Å². The van der Waals surface area contributed by atoms with Crippen molar-refractivity contribution in [1.29, 1.82) is 0 Å². The Morgan fingerprint density at radius 1 is 1.29 bits per heavy atom. The summed E-state index contributed by atoms with van der Waals surface area (Å²) in [5, 5.41) is 3.12. The lowest BCUT2D eigenvalue weighted by Gasteiger charge is -2.31. The molecule has 3 atom stereocenters. The topological polar surface area (TPSA) is 47.6 Å². The molecule has 1 saturated heterocycles. The Balaban J connectivity index is 1.66. The molecule has 0 spiro atoms. The second kappa shape index (κ2) is 7.55. The van der Waals surface area contributed by atoms with Crippen LogP contribution in [0.25, 0.3) is 0 Å². The molecule has 2 aromatic rings. The van der Waals surface area contributed by atoms with Crippen LogP contribution in [0.5, 0.6) is 5.75 Å². The van der Waals surface area contributed by atoms with Crippen LogP contribution in [0, 0.1) is 31.5 Å². The van der Waals surface area contributed by atoms with Gasteiger partial charge in [-0.3, -0.25) is 4.79 Å². The summed E-state index contributed by atoms with van der Waals surface area (Å²) in [6.07, 6.45) is 1.67. The lowest BCUT2D eigenvalue weighted by atomic mass is 9.74. The van der Waals surface area contributed by atoms with Gasteiger partial charge in [0.25, 0.3) is 0 Å². The highest BCUT2D eigenvalue weighted by atomic mass is 19.1. The molecule has 4 nitrogen and oxygen atoms in total. The molecule has 2 aromatic carbocycles. The Morgan fingerprint density at radius 2 is 2.07 bits per heavy atom. The minimum absolute atomic E-state index is 0.106. The van der Waals surface area contributed by atoms with Crippen LogP contribution in [0.3, 0.4) is 0 Å². The van der Waals surface area contributed by atoms with E-state index in [9.17, 15) is 9.18 Å². The highest BCUT2D eigenvalue weighted by molar-refractivity contribution is 5.76. The van der Waals surface area contributed by atoms with Gasteiger partial charge in [0.05, 0.1) is 5.92 Å². The van der Waals surface area contributed by atoms with E-state index in [0.717, 1.165) is 35.3 Å². The van der Waals surface area contributed by atoms with Gasteiger partial charge in [-0.2, -0.15) is 0 Å². The zero-order valence-electron chi connectivity index (χ0n) is 16.5. The van der Waals surface area contributed by atoms with Gasteiger partial charge in [-0.1, -0.05) is 18.2 Å². The zero-order valence-corrected chi connectivity index (χ0v) is 16.5. The maximum Gasteiger partial charge on any atom is 0.311 e. The fourth-order valence-corrected chi connectivity index (χ4v) is 4.68. The monoisotopic (exact) mass is 383 g/mol. The number of carbonyl (C=O) groups excluding carboxylic acids is 1. The molecule has 1 aliphatic heterocycles. The van der Waals surface area contributed by atoms with Crippen LogP contribution in [0.15, 0.2) is 30.3 Å². The van der Waals surface area contributed by atoms with Gasteiger partial charge in [-0.15, -0.1) is 0 Å². The molecular formula is C23H26FNO3. The van der Waals surface area contributed by atoms with E-state index in [1.807, 2.05) is 20.0 Å². The van der Waals surface area contributed by atoms with E-state index in [4.69, 9.17) is 9.47 Å². The first-order chi connectivity index (χ1) is 13.5. The average molecular weight is 383 g/mol. The van der Waals surface area contributed by atoms with E-state index >= 15 is 0 Å². The summed E-state index contributed by atoms with van der Waals surface area (Å²) in [4.78, 5) is 12.4. The number of hydrogen-bond donors (Lipinski definition) is 1. The molecule has 2 aliphatic rings. The van der Waals surface area contributed by atoms with Gasteiger partial charge in [-0.05, 0) is 62.6 Å². The number of hydrogen-bond acceptors (Lipinski definition) is 4. The van der Waals surface area contributed by atoms with Crippen molar-refractivity contribution >= 4 is 5.97 Å². The first-order valence-corrected chi connectivity index (χ1v) is 9.85. The number of aryl methyl sites for hydroxylation is 1. The maximum atomic E-state index is 13.9. The van der Waals surface area contributed by atoms with Crippen molar-refractivity contribution in [2.24, 2.45) is 11.8 Å². The molecule has 0 amide bonds. The van der Waals surface area contributed by atoms with E-state index in [-0.39, 0.29) is 36.3 Å². The van der Waals surface area contributed by atoms with Crippen molar-refractivity contribution in [2.45, 2.75) is 39.4 Å². The van der Waals surface area contributed by atoms with Crippen molar-refractivity contribution in [1.82, 2.24) is 5.32 Å². The van der Waals surface area contributed by atoms with E-state index in [2.05, 4.69) is 12.2 Å². The number of esters is 1. The Morgan fingerprint density at radius 3 is 2.82 bits per heavy atom. The van der Waals surface area contributed by atoms with E-state index in [0.29, 0.717) is 12.1 Å². The Hall–Kier alpha value is -2.40. The lowest BCUT2D eigenvalue weighted by Crippen LogP contribution is -2.30. The van der Waals surface area contributed by atoms with Crippen LogP contribution in [0.1, 0.15) is 40.3 Å². The molecule has 28 heavy (non-hydrogen) atoms. The van der Waals surface area contributed by atoms with Crippen molar-refractivity contribution < 1.29 is 18.7 Å². The molecular weight excluding hydrogens is 357 g/mol. The molecule has 0 unspecified atom stereocenters. The molecule has 1 aliphatic carbocycles. The van der Waals surface area contributed by atoms with Crippen LogP contribution >= 0.6 is 0 Å². The molecule has 5 heteroatoms. The van der Waals surface area contributed by atoms with Gasteiger partial charge in [0.2, 0.25) is 0 Å². The number of carbonyl (C=O) groups is 1. The third-order valence-corrected chi connectivity index (χ3v) is 6.15. The van der Waals surface area contributed by atoms with E-state index in [1.165, 1.54) is 11.6 Å². The molecule has 0 bridgehead atoms. The molecule has 4 rings (SSSR count). The predicted octanol–water partition coefficient (Wildman–Crippen LogP) is 4.02. The molecule has 1 heterocycles. The molecule has 0 aromatic heterocycles. The number of halogens is 1. The summed E-state index contributed by atoms with van der Waals surface area (Å²) in [5.74, 6) is 0.424. The van der Waals surface area contributed by atoms with E-state index < -0.39 is 0 Å². The highest BCUT2D eigenvalue weighted by Crippen LogP contribution is 2.49. The minimum Gasteiger partial charge on any atom is -0.489 e. The van der Waals surface area contributed by atoms with Crippen LogP contribution in [0.4, 0.5) is 4.39 Å². The van der Waals surface area contributed by atoms with Crippen molar-refractivity contribution in [3.8, 4) is 5.75 Å². The summed E-state index contributed by atoms with van der Waals surface area (Å²) in [6.45, 7) is 4.88. The average Bonchev–Trinajstić information content (AvgIpc) is 3.00. The van der Waals surface area contributed by atoms with Gasteiger partial charge >= 0.3 is 5.97 Å². The normalized spacial score (nSPS) is 23.1. The molecule has 148 valence electrons. The smallest absolute Gasteiger partial charge is 0.311 e. The van der Waals surface area contributed by atoms with Crippen LogP contribution in [-0.4, -0.2) is 19.6 Å². The molecule has 0 radical (unpaired) electrons. The quantitative estimate of drug-likeness (QED) is 0.793. The number of ether oxygens (including phenoxy) is 2. The molecule has 1 fully saturated rings. The minimum atomic E-state index is -0.269. The number of benzene rings is 2. The first-order valence-electron chi connectivity index (χ1n) is 9.85. The third kappa shape index (κ3) is 3.18. The fraction of sp³-hybridized carbons (Fsp3) is 0.435. The summed E-state index contributed by atoms with van der Waals surface area (Å²) < 4.78 is 25.8. The zero-order chi connectivity index (χ0) is 19.8. The largest absolute Gasteiger partial charge is 0.489 e. The Kier molecular flexibility index (Phi) is 5.11. The first kappa shape index (κ1) is 18.9. The van der Waals surface area contributed by atoms with Crippen LogP contribution < -0.4 is 10.1 Å². The third-order valence-electron chi connectivity index (χ3n) is 6.15. The molecule has 0 saturated carbocycles. The Bertz CT molecular complexity index is 911. The van der Waals surface area contributed by atoms with E-state index in [1.54, 1.807) is 18.2 Å². The predicted molar refractivity (Wildman–Crippen MR) is 105 cm³/mol. The standard InChI is InChI=1S/C23H26FNO3/c1-13-10-20(27-12-15-6-4-5-7-19(15)24)14(2)21-16(13)8-9-17-18(11-25-3)23(26)28-22(17)21/h4-7,10,17-18,22,25H,8-9,11-12H2,1-3H3/t17-,18+,22+/m0/s1. The summed E-state index contributed by atoms with van der Waals surface area (Å²) in [7, 11) is 1.86. The summed E-state index contributed by atoms with van der Waals surface area (Å²) >= 11 is 0. The van der Waals surface area contributed by atoms with Crippen LogP contribution in [0.2, 0.25) is 0 Å². The summed E-state index contributed by atoms with van der Waals surface area (Å²) in [5.41, 5.74) is 5.00. The summed E-state index contributed by atoms with van der Waals surface area (Å²) in [6, 6.07) is 8.67. The highest BCUT2D eigenvalue weighted by Gasteiger charge is 2.48. The van der Waals surface area contributed by atoms with Crippen molar-refractivity contribution in [3.05, 3.63) is 64.0 Å². The van der Waals surface area contributed by atoms with Gasteiger partial charge in [-0.25, -0.2) is 4.39 Å². The number of fused-ring (bicyclic) bond motifs is 3. The second-order valence-electron chi connectivity index (χ2n) is 7.81. The van der Waals surface area contributed by atoms with Crippen LogP contribution in [-0.2, 0) is 22.6 Å². The van der Waals surface area contributed by atoms with Crippen molar-refractivity contribution in [2.75, 3.05) is 13.6 Å². The van der Waals surface area contributed by atoms with Gasteiger partial charge in [0, 0.05) is 23.6 Å².